The summed E-state index contributed by atoms with van der Waals surface area (Å²) in [6.45, 7) is 10.1. The SMILES string of the molecule is CCN(CC)CC.Cl.[Ag][I]. The van der Waals surface area contributed by atoms with E-state index < -0.39 is 0 Å². The minimum atomic E-state index is 0. The molecule has 0 radical (unpaired) electrons. The second-order valence-electron chi connectivity index (χ2n) is 1.62. The molecule has 10 heavy (non-hydrogen) atoms. The van der Waals surface area contributed by atoms with E-state index in [1.807, 2.05) is 19.0 Å². The summed E-state index contributed by atoms with van der Waals surface area (Å²) in [6.07, 6.45) is 0. The monoisotopic (exact) mass is 371 g/mol. The summed E-state index contributed by atoms with van der Waals surface area (Å²) in [5.41, 5.74) is 0. The van der Waals surface area contributed by atoms with Gasteiger partial charge in [0.25, 0.3) is 0 Å². The summed E-state index contributed by atoms with van der Waals surface area (Å²) in [6, 6.07) is 0. The topological polar surface area (TPSA) is 3.24 Å². The number of hydrogen-bond acceptors (Lipinski definition) is 1. The van der Waals surface area contributed by atoms with E-state index >= 15 is 0 Å². The molecule has 0 unspecified atom stereocenters. The molecular weight excluding hydrogens is 356 g/mol. The predicted molar refractivity (Wildman–Crippen MR) is 54.7 cm³/mol. The maximum absolute atomic E-state index is 2.92. The molecule has 0 rings (SSSR count). The molecule has 0 amide bonds. The summed E-state index contributed by atoms with van der Waals surface area (Å²) < 4.78 is 0. The van der Waals surface area contributed by atoms with E-state index in [1.165, 1.54) is 19.6 Å². The van der Waals surface area contributed by atoms with Gasteiger partial charge >= 0.3 is 36.3 Å². The molecule has 0 spiro atoms. The second-order valence-corrected chi connectivity index (χ2v) is 1.62. The van der Waals surface area contributed by atoms with Gasteiger partial charge in [-0.25, -0.2) is 0 Å². The molecule has 0 atom stereocenters. The van der Waals surface area contributed by atoms with Crippen molar-refractivity contribution in [1.29, 1.82) is 0 Å². The fourth-order valence-corrected chi connectivity index (χ4v) is 0.671. The molecule has 0 aliphatic rings. The fraction of sp³-hybridized carbons (Fsp3) is 1.00. The number of hydrogen-bond donors (Lipinski definition) is 0. The van der Waals surface area contributed by atoms with Crippen LogP contribution in [0.3, 0.4) is 0 Å². The van der Waals surface area contributed by atoms with Crippen LogP contribution in [0.25, 0.3) is 0 Å². The van der Waals surface area contributed by atoms with E-state index in [2.05, 4.69) is 42.9 Å². The first-order valence-electron chi connectivity index (χ1n) is 3.18. The van der Waals surface area contributed by atoms with Gasteiger partial charge in [-0.15, -0.1) is 12.4 Å². The minimum absolute atomic E-state index is 0. The van der Waals surface area contributed by atoms with Crippen molar-refractivity contribution in [3.05, 3.63) is 0 Å². The Morgan fingerprint density at radius 1 is 1.00 bits per heavy atom. The van der Waals surface area contributed by atoms with Crippen LogP contribution in [0.4, 0.5) is 0 Å². The van der Waals surface area contributed by atoms with E-state index in [1.54, 1.807) is 0 Å². The van der Waals surface area contributed by atoms with Gasteiger partial charge in [0.1, 0.15) is 0 Å². The van der Waals surface area contributed by atoms with Gasteiger partial charge in [0.05, 0.1) is 0 Å². The van der Waals surface area contributed by atoms with E-state index in [9.17, 15) is 0 Å². The molecule has 0 bridgehead atoms. The first-order valence-corrected chi connectivity index (χ1v) is 7.59. The molecule has 0 aromatic rings. The standard InChI is InChI=1S/C6H15N.Ag.ClH.HI/c1-4-7(5-2)6-3;;;/h4-6H2,1-3H3;;2*1H/q;+1;;/p-1. The summed E-state index contributed by atoms with van der Waals surface area (Å²) in [5, 5.41) is 0. The van der Waals surface area contributed by atoms with Gasteiger partial charge in [-0.2, -0.15) is 0 Å². The summed E-state index contributed by atoms with van der Waals surface area (Å²) >= 11 is 4.88. The van der Waals surface area contributed by atoms with Gasteiger partial charge in [-0.05, 0) is 19.6 Å². The van der Waals surface area contributed by atoms with Gasteiger partial charge in [0.2, 0.25) is 0 Å². The van der Waals surface area contributed by atoms with Gasteiger partial charge in [0, 0.05) is 0 Å². The van der Waals surface area contributed by atoms with Gasteiger partial charge in [-0.1, -0.05) is 20.8 Å². The Hall–Kier alpha value is 1.72. The van der Waals surface area contributed by atoms with Gasteiger partial charge in [0.15, 0.2) is 0 Å². The molecule has 0 aliphatic heterocycles. The van der Waals surface area contributed by atoms with E-state index in [0.717, 1.165) is 0 Å². The van der Waals surface area contributed by atoms with E-state index in [0.29, 0.717) is 0 Å². The van der Waals surface area contributed by atoms with Crippen molar-refractivity contribution in [2.75, 3.05) is 19.6 Å². The van der Waals surface area contributed by atoms with E-state index in [-0.39, 0.29) is 12.4 Å². The normalized spacial score (nSPS) is 7.90. The Kier molecular flexibility index (Phi) is 30.1. The first kappa shape index (κ1) is 17.7. The van der Waals surface area contributed by atoms with Crippen molar-refractivity contribution in [2.24, 2.45) is 0 Å². The Morgan fingerprint density at radius 3 is 1.20 bits per heavy atom. The number of nitrogens with zero attached hydrogens (tertiary/aromatic N) is 1. The molecule has 0 aromatic heterocycles. The van der Waals surface area contributed by atoms with Crippen LogP contribution in [0.1, 0.15) is 20.8 Å². The third kappa shape index (κ3) is 12.4. The third-order valence-corrected chi connectivity index (χ3v) is 1.34. The predicted octanol–water partition coefficient (Wildman–Crippen LogP) is 2.65. The van der Waals surface area contributed by atoms with Crippen LogP contribution < -0.4 is 0 Å². The second kappa shape index (κ2) is 17.0. The Morgan fingerprint density at radius 2 is 1.20 bits per heavy atom. The van der Waals surface area contributed by atoms with Crippen LogP contribution in [0, 0.1) is 0 Å². The molecule has 0 N–H and O–H groups in total. The van der Waals surface area contributed by atoms with E-state index in [4.69, 9.17) is 0 Å². The van der Waals surface area contributed by atoms with Crippen LogP contribution in [-0.4, -0.2) is 24.5 Å². The number of rotatable bonds is 3. The zero-order chi connectivity index (χ0) is 7.70. The maximum atomic E-state index is 2.92. The van der Waals surface area contributed by atoms with Crippen molar-refractivity contribution < 1.29 is 17.3 Å². The molecule has 0 fully saturated rings. The molecule has 70 valence electrons. The van der Waals surface area contributed by atoms with Crippen LogP contribution in [-0.2, 0) is 17.3 Å². The van der Waals surface area contributed by atoms with Crippen LogP contribution in [0.2, 0.25) is 0 Å². The van der Waals surface area contributed by atoms with Crippen LogP contribution in [0.15, 0.2) is 0 Å². The average molecular weight is 372 g/mol. The summed E-state index contributed by atoms with van der Waals surface area (Å²) in [7, 11) is 0. The van der Waals surface area contributed by atoms with Crippen molar-refractivity contribution in [3.8, 4) is 0 Å². The van der Waals surface area contributed by atoms with Crippen LogP contribution >= 0.6 is 31.4 Å². The summed E-state index contributed by atoms with van der Waals surface area (Å²) in [5.74, 6) is 0. The molecule has 0 aromatic carbocycles. The molecule has 4 heteroatoms. The Labute approximate surface area is 93.2 Å². The van der Waals surface area contributed by atoms with Crippen molar-refractivity contribution in [3.63, 3.8) is 0 Å². The Bertz CT molecular complexity index is 39.2. The zero-order valence-electron chi connectivity index (χ0n) is 6.66. The quantitative estimate of drug-likeness (QED) is 0.544. The third-order valence-electron chi connectivity index (χ3n) is 1.34. The molecule has 0 aliphatic carbocycles. The number of halogens is 2. The molecule has 0 saturated carbocycles. The Balaban J connectivity index is -0.000000149. The van der Waals surface area contributed by atoms with Gasteiger partial charge < -0.3 is 4.90 Å². The van der Waals surface area contributed by atoms with Crippen molar-refractivity contribution in [2.45, 2.75) is 20.8 Å². The summed E-state index contributed by atoms with van der Waals surface area (Å²) in [4.78, 5) is 2.38. The van der Waals surface area contributed by atoms with Crippen molar-refractivity contribution in [1.82, 2.24) is 4.90 Å². The molecule has 1 nitrogen and oxygen atoms in total. The van der Waals surface area contributed by atoms with Gasteiger partial charge in [-0.3, -0.25) is 0 Å². The molecule has 0 heterocycles. The first-order chi connectivity index (χ1) is 4.35. The average Bonchev–Trinajstić information content (AvgIpc) is 1.96. The van der Waals surface area contributed by atoms with Crippen LogP contribution in [0.5, 0.6) is 0 Å². The fourth-order valence-electron chi connectivity index (χ4n) is 0.671. The molecule has 0 saturated heterocycles. The van der Waals surface area contributed by atoms with Crippen molar-refractivity contribution >= 4 is 31.4 Å². The molecular formula is C6H16AgClIN. The zero-order valence-corrected chi connectivity index (χ0v) is 11.1.